The molecule has 8 nitrogen and oxygen atoms in total. The number of rotatable bonds is 6. The number of ether oxygens (including phenoxy) is 1. The van der Waals surface area contributed by atoms with Gasteiger partial charge < -0.3 is 19.9 Å². The van der Waals surface area contributed by atoms with Crippen molar-refractivity contribution < 1.29 is 22.7 Å². The van der Waals surface area contributed by atoms with Crippen LogP contribution in [0.15, 0.2) is 66.9 Å². The van der Waals surface area contributed by atoms with Gasteiger partial charge in [-0.1, -0.05) is 53.8 Å². The van der Waals surface area contributed by atoms with Gasteiger partial charge in [0.1, 0.15) is 5.60 Å². The predicted molar refractivity (Wildman–Crippen MR) is 162 cm³/mol. The third-order valence-corrected chi connectivity index (χ3v) is 7.95. The molecule has 2 aromatic heterocycles. The second kappa shape index (κ2) is 12.2. The molecule has 2 aromatic carbocycles. The number of hydrogen-bond acceptors (Lipinski definition) is 8. The Balaban J connectivity index is 1.46. The SMILES string of the molecule is C[C@H](Nc1nccc(-c2sc(N3CCN(C(=O)OC(C)(C)C)CC3)nc2-c2cccc(C(F)(F)F)c2)n1)c1ccccc1. The summed E-state index contributed by atoms with van der Waals surface area (Å²) >= 11 is 1.35. The van der Waals surface area contributed by atoms with E-state index >= 15 is 0 Å². The Morgan fingerprint density at radius 1 is 0.977 bits per heavy atom. The number of carbonyl (C=O) groups is 1. The van der Waals surface area contributed by atoms with Gasteiger partial charge in [-0.2, -0.15) is 13.2 Å². The maximum Gasteiger partial charge on any atom is 0.416 e. The van der Waals surface area contributed by atoms with Crippen molar-refractivity contribution in [3.63, 3.8) is 0 Å². The fourth-order valence-electron chi connectivity index (χ4n) is 4.64. The third-order valence-electron chi connectivity index (χ3n) is 6.81. The van der Waals surface area contributed by atoms with E-state index in [9.17, 15) is 18.0 Å². The van der Waals surface area contributed by atoms with E-state index in [1.54, 1.807) is 23.2 Å². The predicted octanol–water partition coefficient (Wildman–Crippen LogP) is 7.52. The van der Waals surface area contributed by atoms with Crippen molar-refractivity contribution in [2.75, 3.05) is 36.4 Å². The molecule has 43 heavy (non-hydrogen) atoms. The molecular weight excluding hydrogens is 577 g/mol. The van der Waals surface area contributed by atoms with Crippen LogP contribution in [0.5, 0.6) is 0 Å². The molecule has 226 valence electrons. The summed E-state index contributed by atoms with van der Waals surface area (Å²) in [5.41, 5.74) is 1.00. The Hall–Kier alpha value is -4.19. The van der Waals surface area contributed by atoms with Gasteiger partial charge in [0, 0.05) is 37.9 Å². The number of aromatic nitrogens is 3. The number of thiazole rings is 1. The Labute approximate surface area is 252 Å². The van der Waals surface area contributed by atoms with Gasteiger partial charge in [0.2, 0.25) is 5.95 Å². The first-order chi connectivity index (χ1) is 20.4. The van der Waals surface area contributed by atoms with Gasteiger partial charge in [0.15, 0.2) is 5.13 Å². The summed E-state index contributed by atoms with van der Waals surface area (Å²) in [6, 6.07) is 16.7. The molecule has 1 amide bonds. The van der Waals surface area contributed by atoms with Gasteiger partial charge in [-0.3, -0.25) is 0 Å². The third kappa shape index (κ3) is 7.42. The van der Waals surface area contributed by atoms with Crippen LogP contribution in [0.1, 0.15) is 44.9 Å². The van der Waals surface area contributed by atoms with Crippen LogP contribution in [0, 0.1) is 0 Å². The number of benzene rings is 2. The summed E-state index contributed by atoms with van der Waals surface area (Å²) in [4.78, 5) is 30.8. The van der Waals surface area contributed by atoms with Crippen LogP contribution in [0.2, 0.25) is 0 Å². The van der Waals surface area contributed by atoms with Crippen LogP contribution in [0.25, 0.3) is 21.8 Å². The first kappa shape index (κ1) is 30.3. The lowest BCUT2D eigenvalue weighted by molar-refractivity contribution is -0.137. The molecule has 1 aliphatic rings. The molecule has 0 radical (unpaired) electrons. The van der Waals surface area contributed by atoms with Crippen molar-refractivity contribution >= 4 is 28.5 Å². The Bertz CT molecular complexity index is 1560. The number of nitrogens with zero attached hydrogens (tertiary/aromatic N) is 5. The molecule has 0 spiro atoms. The molecule has 12 heteroatoms. The monoisotopic (exact) mass is 610 g/mol. The topological polar surface area (TPSA) is 83.5 Å². The number of amides is 1. The van der Waals surface area contributed by atoms with Crippen LogP contribution in [0.3, 0.4) is 0 Å². The Kier molecular flexibility index (Phi) is 8.59. The molecule has 0 saturated carbocycles. The second-order valence-electron chi connectivity index (χ2n) is 11.2. The summed E-state index contributed by atoms with van der Waals surface area (Å²) in [6.07, 6.45) is -3.24. The molecule has 1 saturated heterocycles. The van der Waals surface area contributed by atoms with E-state index in [0.29, 0.717) is 59.1 Å². The fourth-order valence-corrected chi connectivity index (χ4v) is 5.75. The number of alkyl halides is 3. The van der Waals surface area contributed by atoms with Crippen molar-refractivity contribution in [1.82, 2.24) is 19.9 Å². The Morgan fingerprint density at radius 3 is 2.37 bits per heavy atom. The second-order valence-corrected chi connectivity index (χ2v) is 12.2. The quantitative estimate of drug-likeness (QED) is 0.242. The van der Waals surface area contributed by atoms with Crippen LogP contribution < -0.4 is 10.2 Å². The molecule has 5 rings (SSSR count). The van der Waals surface area contributed by atoms with Crippen molar-refractivity contribution in [3.8, 4) is 21.8 Å². The largest absolute Gasteiger partial charge is 0.444 e. The van der Waals surface area contributed by atoms with E-state index in [2.05, 4.69) is 10.3 Å². The van der Waals surface area contributed by atoms with Crippen LogP contribution in [-0.2, 0) is 10.9 Å². The van der Waals surface area contributed by atoms with E-state index in [1.807, 2.05) is 62.9 Å². The minimum atomic E-state index is -4.49. The number of carbonyl (C=O) groups excluding carboxylic acids is 1. The zero-order valence-electron chi connectivity index (χ0n) is 24.4. The fraction of sp³-hybridized carbons (Fsp3) is 0.355. The lowest BCUT2D eigenvalue weighted by atomic mass is 10.1. The highest BCUT2D eigenvalue weighted by Crippen LogP contribution is 2.41. The first-order valence-corrected chi connectivity index (χ1v) is 14.8. The maximum absolute atomic E-state index is 13.6. The van der Waals surface area contributed by atoms with Gasteiger partial charge in [-0.25, -0.2) is 19.7 Å². The molecule has 4 aromatic rings. The van der Waals surface area contributed by atoms with Crippen molar-refractivity contribution in [2.24, 2.45) is 0 Å². The summed E-state index contributed by atoms with van der Waals surface area (Å²) in [5.74, 6) is 0.393. The summed E-state index contributed by atoms with van der Waals surface area (Å²) < 4.78 is 46.4. The molecule has 1 fully saturated rings. The van der Waals surface area contributed by atoms with E-state index in [-0.39, 0.29) is 12.1 Å². The number of anilines is 2. The highest BCUT2D eigenvalue weighted by atomic mass is 32.1. The van der Waals surface area contributed by atoms with Gasteiger partial charge in [0.25, 0.3) is 0 Å². The van der Waals surface area contributed by atoms with Crippen molar-refractivity contribution in [2.45, 2.75) is 45.5 Å². The van der Waals surface area contributed by atoms with Crippen LogP contribution in [0.4, 0.5) is 29.0 Å². The lowest BCUT2D eigenvalue weighted by Gasteiger charge is -2.35. The standard InChI is InChI=1S/C31H33F3N6O2S/c1-20(21-9-6-5-7-10-21)36-27-35-14-13-24(37-27)26-25(22-11-8-12-23(19-22)31(32,33)34)38-28(43-26)39-15-17-40(18-16-39)29(41)42-30(2,3)4/h5-14,19-20H,15-18H2,1-4H3,(H,35,36,37)/t20-/m0/s1. The summed E-state index contributed by atoms with van der Waals surface area (Å²) in [7, 11) is 0. The number of nitrogens with one attached hydrogen (secondary N) is 1. The highest BCUT2D eigenvalue weighted by Gasteiger charge is 2.32. The lowest BCUT2D eigenvalue weighted by Crippen LogP contribution is -2.50. The molecule has 0 unspecified atom stereocenters. The van der Waals surface area contributed by atoms with Crippen LogP contribution in [-0.4, -0.2) is 57.7 Å². The van der Waals surface area contributed by atoms with Gasteiger partial charge in [0.05, 0.1) is 27.9 Å². The van der Waals surface area contributed by atoms with E-state index in [1.165, 1.54) is 17.4 Å². The van der Waals surface area contributed by atoms with E-state index in [0.717, 1.165) is 17.7 Å². The summed E-state index contributed by atoms with van der Waals surface area (Å²) in [6.45, 7) is 9.33. The molecule has 1 N–H and O–H groups in total. The summed E-state index contributed by atoms with van der Waals surface area (Å²) in [5, 5.41) is 3.95. The van der Waals surface area contributed by atoms with Gasteiger partial charge in [-0.15, -0.1) is 0 Å². The number of piperazine rings is 1. The first-order valence-electron chi connectivity index (χ1n) is 13.9. The number of halogens is 3. The van der Waals surface area contributed by atoms with Crippen LogP contribution >= 0.6 is 11.3 Å². The van der Waals surface area contributed by atoms with Crippen molar-refractivity contribution in [1.29, 1.82) is 0 Å². The zero-order valence-corrected chi connectivity index (χ0v) is 25.2. The number of hydrogen-bond donors (Lipinski definition) is 1. The molecule has 0 bridgehead atoms. The van der Waals surface area contributed by atoms with Crippen molar-refractivity contribution in [3.05, 3.63) is 78.0 Å². The molecular formula is C31H33F3N6O2S. The highest BCUT2D eigenvalue weighted by molar-refractivity contribution is 7.19. The molecule has 3 heterocycles. The maximum atomic E-state index is 13.6. The smallest absolute Gasteiger partial charge is 0.416 e. The van der Waals surface area contributed by atoms with Gasteiger partial charge >= 0.3 is 12.3 Å². The zero-order chi connectivity index (χ0) is 30.8. The normalized spacial score (nSPS) is 14.9. The molecule has 1 aliphatic heterocycles. The Morgan fingerprint density at radius 2 is 1.70 bits per heavy atom. The molecule has 1 atom stereocenters. The van der Waals surface area contributed by atoms with E-state index in [4.69, 9.17) is 14.7 Å². The average molecular weight is 611 g/mol. The average Bonchev–Trinajstić information content (AvgIpc) is 3.42. The minimum absolute atomic E-state index is 0.0716. The van der Waals surface area contributed by atoms with E-state index < -0.39 is 17.3 Å². The minimum Gasteiger partial charge on any atom is -0.444 e. The van der Waals surface area contributed by atoms with Gasteiger partial charge in [-0.05, 0) is 51.5 Å². The molecule has 0 aliphatic carbocycles.